The number of carbonyl (C=O) groups is 2. The van der Waals surface area contributed by atoms with Gasteiger partial charge in [0.25, 0.3) is 0 Å². The van der Waals surface area contributed by atoms with Crippen LogP contribution in [0.2, 0.25) is 0 Å². The van der Waals surface area contributed by atoms with Crippen molar-refractivity contribution in [1.29, 1.82) is 0 Å². The number of carbonyl (C=O) groups excluding carboxylic acids is 2. The molecule has 11 nitrogen and oxygen atoms in total. The minimum absolute atomic E-state index is 0.00797. The number of halogens is 3. The number of alkyl halides is 1. The molecule has 3 aliphatic rings. The molecule has 0 radical (unpaired) electrons. The molecule has 2 aromatic carbocycles. The number of pyridine rings is 1. The van der Waals surface area contributed by atoms with Gasteiger partial charge in [-0.1, -0.05) is 12.1 Å². The Hall–Kier alpha value is -4.63. The number of anilines is 2. The number of benzene rings is 2. The van der Waals surface area contributed by atoms with Crippen LogP contribution in [-0.4, -0.2) is 90.5 Å². The van der Waals surface area contributed by atoms with Crippen LogP contribution in [0.25, 0.3) is 22.2 Å². The largest absolute Gasteiger partial charge is 0.444 e. The lowest BCUT2D eigenvalue weighted by atomic mass is 9.73. The second-order valence-electron chi connectivity index (χ2n) is 14.0. The summed E-state index contributed by atoms with van der Waals surface area (Å²) in [6.45, 7) is 8.03. The van der Waals surface area contributed by atoms with Crippen LogP contribution in [0, 0.1) is 17.0 Å². The van der Waals surface area contributed by atoms with Crippen molar-refractivity contribution >= 4 is 44.5 Å². The summed E-state index contributed by atoms with van der Waals surface area (Å²) in [6.07, 6.45) is 1.30. The van der Waals surface area contributed by atoms with Crippen molar-refractivity contribution in [2.75, 3.05) is 48.9 Å². The average molecular weight is 697 g/mol. The number of ether oxygens (including phenoxy) is 1. The van der Waals surface area contributed by atoms with Gasteiger partial charge < -0.3 is 19.5 Å². The Morgan fingerprint density at radius 2 is 1.76 bits per heavy atom. The molecule has 7 rings (SSSR count). The molecule has 49 heavy (non-hydrogen) atoms. The fourth-order valence-electron chi connectivity index (χ4n) is 6.66. The Bertz CT molecular complexity index is 2070. The van der Waals surface area contributed by atoms with Crippen molar-refractivity contribution < 1.29 is 35.9 Å². The van der Waals surface area contributed by atoms with Gasteiger partial charge in [-0.25, -0.2) is 22.9 Å². The van der Waals surface area contributed by atoms with Crippen molar-refractivity contribution in [3.8, 4) is 11.1 Å². The van der Waals surface area contributed by atoms with E-state index in [1.807, 2.05) is 49.8 Å². The van der Waals surface area contributed by atoms with Crippen molar-refractivity contribution in [3.05, 3.63) is 77.6 Å². The highest BCUT2D eigenvalue weighted by atomic mass is 32.2. The van der Waals surface area contributed by atoms with Gasteiger partial charge in [-0.3, -0.25) is 9.52 Å². The van der Waals surface area contributed by atoms with E-state index in [9.17, 15) is 26.8 Å². The van der Waals surface area contributed by atoms with Gasteiger partial charge in [-0.2, -0.15) is 12.7 Å². The third-order valence-electron chi connectivity index (χ3n) is 9.09. The maximum absolute atomic E-state index is 15.6. The summed E-state index contributed by atoms with van der Waals surface area (Å²) >= 11 is 0. The lowest BCUT2D eigenvalue weighted by Crippen LogP contribution is -2.73. The molecule has 3 aliphatic heterocycles. The molecule has 3 saturated heterocycles. The highest BCUT2D eigenvalue weighted by Crippen LogP contribution is 2.43. The van der Waals surface area contributed by atoms with E-state index in [0.29, 0.717) is 29.7 Å². The second kappa shape index (κ2) is 11.8. The smallest absolute Gasteiger partial charge is 0.410 e. The number of nitrogens with zero attached hydrogens (tertiary/aromatic N) is 4. The van der Waals surface area contributed by atoms with Crippen molar-refractivity contribution in [2.24, 2.45) is 5.41 Å². The van der Waals surface area contributed by atoms with Crippen molar-refractivity contribution in [3.63, 3.8) is 0 Å². The molecule has 2 N–H and O–H groups in total. The number of rotatable bonds is 7. The molecule has 2 aromatic heterocycles. The minimum atomic E-state index is -4.34. The molecule has 0 unspecified atom stereocenters. The summed E-state index contributed by atoms with van der Waals surface area (Å²) in [7, 11) is -4.34. The predicted octanol–water partition coefficient (Wildman–Crippen LogP) is 5.50. The zero-order valence-corrected chi connectivity index (χ0v) is 27.9. The monoisotopic (exact) mass is 696 g/mol. The number of nitrogens with one attached hydrogen (secondary N) is 2. The maximum Gasteiger partial charge on any atom is 0.410 e. The zero-order valence-electron chi connectivity index (χ0n) is 27.1. The van der Waals surface area contributed by atoms with Crippen LogP contribution in [0.4, 0.5) is 29.3 Å². The summed E-state index contributed by atoms with van der Waals surface area (Å²) in [6, 6.07) is 11.2. The lowest BCUT2D eigenvalue weighted by molar-refractivity contribution is -0.0453. The van der Waals surface area contributed by atoms with E-state index in [1.165, 1.54) is 6.20 Å². The number of amides is 1. The summed E-state index contributed by atoms with van der Waals surface area (Å²) in [4.78, 5) is 37.1. The third kappa shape index (κ3) is 6.21. The van der Waals surface area contributed by atoms with Gasteiger partial charge in [-0.05, 0) is 63.1 Å². The second-order valence-corrected chi connectivity index (χ2v) is 15.7. The Labute approximate surface area is 281 Å². The van der Waals surface area contributed by atoms with Crippen LogP contribution in [-0.2, 0) is 14.9 Å². The van der Waals surface area contributed by atoms with E-state index >= 15 is 4.39 Å². The summed E-state index contributed by atoms with van der Waals surface area (Å²) in [5.41, 5.74) is 0.732. The number of likely N-dealkylation sites (tertiary alicyclic amines) is 1. The molecule has 15 heteroatoms. The third-order valence-corrected chi connectivity index (χ3v) is 10.6. The zero-order chi connectivity index (χ0) is 34.9. The number of aromatic amines is 1. The van der Waals surface area contributed by atoms with E-state index < -0.39 is 50.7 Å². The number of aromatic nitrogens is 2. The summed E-state index contributed by atoms with van der Waals surface area (Å²) in [5, 5.41) is 0.326. The van der Waals surface area contributed by atoms with Crippen LogP contribution in [0.15, 0.2) is 54.9 Å². The number of ketones is 1. The molecule has 0 saturated carbocycles. The van der Waals surface area contributed by atoms with Crippen LogP contribution in [0.3, 0.4) is 0 Å². The van der Waals surface area contributed by atoms with Gasteiger partial charge in [0.05, 0.1) is 11.3 Å². The van der Waals surface area contributed by atoms with Crippen molar-refractivity contribution in [1.82, 2.24) is 19.2 Å². The Balaban J connectivity index is 1.06. The normalized spacial score (nSPS) is 19.2. The molecule has 258 valence electrons. The van der Waals surface area contributed by atoms with Crippen LogP contribution < -0.4 is 9.62 Å². The highest BCUT2D eigenvalue weighted by molar-refractivity contribution is 7.90. The molecule has 0 bridgehead atoms. The Kier molecular flexibility index (Phi) is 7.89. The molecule has 5 heterocycles. The molecule has 1 amide bonds. The molecular formula is C34H35F3N6O5S. The number of hydrogen-bond acceptors (Lipinski definition) is 7. The van der Waals surface area contributed by atoms with Gasteiger partial charge in [0, 0.05) is 79.3 Å². The fraction of sp³-hybridized carbons (Fsp3) is 0.382. The van der Waals surface area contributed by atoms with E-state index in [2.05, 4.69) is 14.9 Å². The average Bonchev–Trinajstić information content (AvgIpc) is 3.63. The molecule has 1 spiro atoms. The first-order valence-electron chi connectivity index (χ1n) is 15.9. The van der Waals surface area contributed by atoms with Crippen LogP contribution >= 0.6 is 0 Å². The first-order chi connectivity index (χ1) is 23.1. The minimum Gasteiger partial charge on any atom is -0.444 e. The van der Waals surface area contributed by atoms with Gasteiger partial charge in [-0.15, -0.1) is 0 Å². The van der Waals surface area contributed by atoms with Crippen LogP contribution in [0.5, 0.6) is 0 Å². The van der Waals surface area contributed by atoms with Crippen molar-refractivity contribution in [2.45, 2.75) is 39.0 Å². The number of hydrogen-bond donors (Lipinski definition) is 2. The molecule has 4 aromatic rings. The topological polar surface area (TPSA) is 128 Å². The van der Waals surface area contributed by atoms with E-state index in [4.69, 9.17) is 4.74 Å². The Morgan fingerprint density at radius 3 is 2.41 bits per heavy atom. The number of H-pyrrole nitrogens is 1. The van der Waals surface area contributed by atoms with E-state index in [-0.39, 0.29) is 36.6 Å². The SMILES string of the molecule is CC(C)(C)OC(=O)N1CC2(C1)CN(c1ccc(-c3cnc4[nH]cc(C(=O)c5c(F)ccc(NS(=O)(=O)N6CC[C@@H](F)C6)c5F)c4c3)cc1)C2. The van der Waals surface area contributed by atoms with E-state index in [0.717, 1.165) is 40.8 Å². The molecular weight excluding hydrogens is 661 g/mol. The first-order valence-corrected chi connectivity index (χ1v) is 17.3. The Morgan fingerprint density at radius 1 is 1.04 bits per heavy atom. The summed E-state index contributed by atoms with van der Waals surface area (Å²) < 4.78 is 77.9. The predicted molar refractivity (Wildman–Crippen MR) is 177 cm³/mol. The van der Waals surface area contributed by atoms with Gasteiger partial charge in [0.2, 0.25) is 5.78 Å². The summed E-state index contributed by atoms with van der Waals surface area (Å²) in [5.74, 6) is -3.56. The first kappa shape index (κ1) is 32.9. The standard InChI is InChI=1S/C34H35F3N6O5S/c1-33(2,3)48-32(45)42-18-34(19-42)16-41(17-34)23-6-4-20(5-7-23)21-12-24-25(14-39-31(24)38-13-21)30(44)28-26(36)8-9-27(29(28)37)40-49(46,47)43-11-10-22(35)15-43/h4-9,12-14,22,40H,10-11,15-19H2,1-3H3,(H,38,39)/t22-/m1/s1. The molecule has 0 aliphatic carbocycles. The maximum atomic E-state index is 15.6. The van der Waals surface area contributed by atoms with Crippen LogP contribution in [0.1, 0.15) is 43.1 Å². The fourth-order valence-corrected chi connectivity index (χ4v) is 7.93. The quantitative estimate of drug-likeness (QED) is 0.245. The number of fused-ring (bicyclic) bond motifs is 1. The molecule has 3 fully saturated rings. The van der Waals surface area contributed by atoms with Gasteiger partial charge >= 0.3 is 16.3 Å². The van der Waals surface area contributed by atoms with Gasteiger partial charge in [0.1, 0.15) is 23.2 Å². The lowest BCUT2D eigenvalue weighted by Gasteiger charge is -2.60. The molecule has 1 atom stereocenters. The van der Waals surface area contributed by atoms with Gasteiger partial charge in [0.15, 0.2) is 5.82 Å². The van der Waals surface area contributed by atoms with E-state index in [1.54, 1.807) is 17.2 Å². The highest BCUT2D eigenvalue weighted by Gasteiger charge is 2.54.